The fourth-order valence-electron chi connectivity index (χ4n) is 3.57. The molecule has 2 aliphatic heterocycles. The minimum absolute atomic E-state index is 0.0542. The van der Waals surface area contributed by atoms with Crippen LogP contribution in [0.3, 0.4) is 0 Å². The number of nitrogens with zero attached hydrogens (tertiary/aromatic N) is 2. The highest BCUT2D eigenvalue weighted by Crippen LogP contribution is 2.36. The molecule has 0 bridgehead atoms. The van der Waals surface area contributed by atoms with Gasteiger partial charge < -0.3 is 18.8 Å². The number of hydrogen-bond acceptors (Lipinski definition) is 5. The minimum atomic E-state index is -0.0542. The van der Waals surface area contributed by atoms with E-state index in [1.54, 1.807) is 18.3 Å². The Balaban J connectivity index is 1.31. The van der Waals surface area contributed by atoms with E-state index in [1.807, 2.05) is 23.1 Å². The SMILES string of the molecule is O=C(c1ccco1)N1C[C@H]2[C@@H](CCOc3ccccn3)CO[C@H]2C1. The Morgan fingerprint density at radius 3 is 3.04 bits per heavy atom. The van der Waals surface area contributed by atoms with Gasteiger partial charge in [-0.2, -0.15) is 0 Å². The molecule has 0 unspecified atom stereocenters. The Bertz CT molecular complexity index is 674. The van der Waals surface area contributed by atoms with Crippen molar-refractivity contribution in [2.24, 2.45) is 11.8 Å². The molecule has 0 aliphatic carbocycles. The molecular formula is C18H20N2O4. The van der Waals surface area contributed by atoms with E-state index in [-0.39, 0.29) is 12.0 Å². The van der Waals surface area contributed by atoms with E-state index in [2.05, 4.69) is 4.98 Å². The maximum Gasteiger partial charge on any atom is 0.289 e. The topological polar surface area (TPSA) is 64.8 Å². The van der Waals surface area contributed by atoms with Crippen LogP contribution in [-0.2, 0) is 4.74 Å². The lowest BCUT2D eigenvalue weighted by atomic mass is 9.91. The van der Waals surface area contributed by atoms with Crippen molar-refractivity contribution in [2.75, 3.05) is 26.3 Å². The first kappa shape index (κ1) is 15.2. The molecule has 4 rings (SSSR count). The molecule has 0 saturated carbocycles. The summed E-state index contributed by atoms with van der Waals surface area (Å²) in [5, 5.41) is 0. The molecule has 6 heteroatoms. The predicted molar refractivity (Wildman–Crippen MR) is 85.7 cm³/mol. The van der Waals surface area contributed by atoms with Crippen molar-refractivity contribution in [3.63, 3.8) is 0 Å². The van der Waals surface area contributed by atoms with E-state index in [0.29, 0.717) is 36.6 Å². The summed E-state index contributed by atoms with van der Waals surface area (Å²) >= 11 is 0. The minimum Gasteiger partial charge on any atom is -0.478 e. The Hall–Kier alpha value is -2.34. The molecule has 126 valence electrons. The van der Waals surface area contributed by atoms with Gasteiger partial charge in [0.05, 0.1) is 25.6 Å². The van der Waals surface area contributed by atoms with Gasteiger partial charge in [0.1, 0.15) is 0 Å². The van der Waals surface area contributed by atoms with E-state index in [4.69, 9.17) is 13.9 Å². The number of carbonyl (C=O) groups is 1. The molecule has 0 spiro atoms. The highest BCUT2D eigenvalue weighted by atomic mass is 16.5. The van der Waals surface area contributed by atoms with Gasteiger partial charge in [-0.05, 0) is 30.5 Å². The number of fused-ring (bicyclic) bond motifs is 1. The van der Waals surface area contributed by atoms with Crippen LogP contribution in [0.2, 0.25) is 0 Å². The van der Waals surface area contributed by atoms with Gasteiger partial charge >= 0.3 is 0 Å². The molecule has 0 radical (unpaired) electrons. The number of rotatable bonds is 5. The summed E-state index contributed by atoms with van der Waals surface area (Å²) in [4.78, 5) is 18.4. The number of amides is 1. The first-order chi connectivity index (χ1) is 11.8. The van der Waals surface area contributed by atoms with Crippen molar-refractivity contribution >= 4 is 5.91 Å². The molecule has 4 heterocycles. The standard InChI is InChI=1S/C18H20N2O4/c21-18(15-4-3-8-22-15)20-10-14-13(12-24-16(14)11-20)6-9-23-17-5-1-2-7-19-17/h1-5,7-8,13-14,16H,6,9-12H2/t13-,14-,16-/m0/s1. The van der Waals surface area contributed by atoms with Gasteiger partial charge in [-0.25, -0.2) is 4.98 Å². The van der Waals surface area contributed by atoms with E-state index < -0.39 is 0 Å². The van der Waals surface area contributed by atoms with Crippen molar-refractivity contribution in [2.45, 2.75) is 12.5 Å². The smallest absolute Gasteiger partial charge is 0.289 e. The molecule has 2 saturated heterocycles. The average Bonchev–Trinajstić information content (AvgIpc) is 3.33. The second kappa shape index (κ2) is 6.65. The summed E-state index contributed by atoms with van der Waals surface area (Å²) < 4.78 is 16.8. The van der Waals surface area contributed by atoms with Crippen LogP contribution in [0.25, 0.3) is 0 Å². The second-order valence-electron chi connectivity index (χ2n) is 6.29. The molecule has 24 heavy (non-hydrogen) atoms. The maximum atomic E-state index is 12.4. The number of carbonyl (C=O) groups excluding carboxylic acids is 1. The van der Waals surface area contributed by atoms with Crippen molar-refractivity contribution < 1.29 is 18.7 Å². The first-order valence-electron chi connectivity index (χ1n) is 8.29. The van der Waals surface area contributed by atoms with Crippen LogP contribution in [0.4, 0.5) is 0 Å². The average molecular weight is 328 g/mol. The van der Waals surface area contributed by atoms with Gasteiger partial charge in [0, 0.05) is 31.3 Å². The second-order valence-corrected chi connectivity index (χ2v) is 6.29. The summed E-state index contributed by atoms with van der Waals surface area (Å²) in [7, 11) is 0. The molecular weight excluding hydrogens is 308 g/mol. The van der Waals surface area contributed by atoms with E-state index in [9.17, 15) is 4.79 Å². The first-order valence-corrected chi connectivity index (χ1v) is 8.29. The number of aromatic nitrogens is 1. The number of likely N-dealkylation sites (tertiary alicyclic amines) is 1. The van der Waals surface area contributed by atoms with Crippen molar-refractivity contribution in [3.8, 4) is 5.88 Å². The van der Waals surface area contributed by atoms with Crippen LogP contribution in [-0.4, -0.2) is 48.2 Å². The molecule has 2 aromatic heterocycles. The predicted octanol–water partition coefficient (Wildman–Crippen LogP) is 2.23. The van der Waals surface area contributed by atoms with Gasteiger partial charge in [-0.1, -0.05) is 6.07 Å². The summed E-state index contributed by atoms with van der Waals surface area (Å²) in [6, 6.07) is 9.07. The molecule has 2 aromatic rings. The zero-order chi connectivity index (χ0) is 16.4. The van der Waals surface area contributed by atoms with E-state index in [1.165, 1.54) is 6.26 Å². The third-order valence-electron chi connectivity index (χ3n) is 4.83. The normalized spacial score (nSPS) is 25.7. The number of furan rings is 1. The van der Waals surface area contributed by atoms with Crippen LogP contribution >= 0.6 is 0 Å². The maximum absolute atomic E-state index is 12.4. The van der Waals surface area contributed by atoms with E-state index in [0.717, 1.165) is 19.6 Å². The van der Waals surface area contributed by atoms with Crippen molar-refractivity contribution in [1.82, 2.24) is 9.88 Å². The summed E-state index contributed by atoms with van der Waals surface area (Å²) in [5.74, 6) is 1.77. The van der Waals surface area contributed by atoms with Crippen molar-refractivity contribution in [3.05, 3.63) is 48.6 Å². The lowest BCUT2D eigenvalue weighted by Crippen LogP contribution is -2.31. The molecule has 3 atom stereocenters. The van der Waals surface area contributed by atoms with Gasteiger partial charge in [-0.3, -0.25) is 4.79 Å². The van der Waals surface area contributed by atoms with Crippen molar-refractivity contribution in [1.29, 1.82) is 0 Å². The fraction of sp³-hybridized carbons (Fsp3) is 0.444. The van der Waals surface area contributed by atoms with Crippen LogP contribution in [0.15, 0.2) is 47.2 Å². The molecule has 2 fully saturated rings. The Morgan fingerprint density at radius 1 is 1.29 bits per heavy atom. The van der Waals surface area contributed by atoms with Gasteiger partial charge in [0.2, 0.25) is 5.88 Å². The Kier molecular flexibility index (Phi) is 4.21. The Labute approximate surface area is 140 Å². The molecule has 1 amide bonds. The number of pyridine rings is 1. The number of ether oxygens (including phenoxy) is 2. The molecule has 2 aliphatic rings. The highest BCUT2D eigenvalue weighted by molar-refractivity contribution is 5.91. The molecule has 0 N–H and O–H groups in total. The quantitative estimate of drug-likeness (QED) is 0.842. The van der Waals surface area contributed by atoms with Crippen LogP contribution in [0, 0.1) is 11.8 Å². The van der Waals surface area contributed by atoms with Gasteiger partial charge in [-0.15, -0.1) is 0 Å². The third-order valence-corrected chi connectivity index (χ3v) is 4.83. The summed E-state index contributed by atoms with van der Waals surface area (Å²) in [6.45, 7) is 2.71. The lowest BCUT2D eigenvalue weighted by molar-refractivity contribution is 0.0646. The van der Waals surface area contributed by atoms with Crippen LogP contribution in [0.5, 0.6) is 5.88 Å². The van der Waals surface area contributed by atoms with Gasteiger partial charge in [0.25, 0.3) is 5.91 Å². The fourth-order valence-corrected chi connectivity index (χ4v) is 3.57. The lowest BCUT2D eigenvalue weighted by Gasteiger charge is -2.19. The van der Waals surface area contributed by atoms with E-state index >= 15 is 0 Å². The summed E-state index contributed by atoms with van der Waals surface area (Å²) in [5.41, 5.74) is 0. The van der Waals surface area contributed by atoms with Crippen LogP contribution < -0.4 is 4.74 Å². The molecule has 6 nitrogen and oxygen atoms in total. The summed E-state index contributed by atoms with van der Waals surface area (Å²) in [6.07, 6.45) is 4.28. The Morgan fingerprint density at radius 2 is 2.25 bits per heavy atom. The zero-order valence-electron chi connectivity index (χ0n) is 13.3. The zero-order valence-corrected chi connectivity index (χ0v) is 13.3. The molecule has 0 aromatic carbocycles. The monoisotopic (exact) mass is 328 g/mol. The van der Waals surface area contributed by atoms with Crippen LogP contribution in [0.1, 0.15) is 17.0 Å². The third kappa shape index (κ3) is 3.01. The largest absolute Gasteiger partial charge is 0.478 e. The van der Waals surface area contributed by atoms with Gasteiger partial charge in [0.15, 0.2) is 5.76 Å². The number of hydrogen-bond donors (Lipinski definition) is 0. The highest BCUT2D eigenvalue weighted by Gasteiger charge is 2.45.